The van der Waals surface area contributed by atoms with Crippen LogP contribution in [0.25, 0.3) is 0 Å². The first-order valence-corrected chi connectivity index (χ1v) is 7.98. The van der Waals surface area contributed by atoms with Crippen molar-refractivity contribution in [3.05, 3.63) is 39.9 Å². The third-order valence-corrected chi connectivity index (χ3v) is 3.97. The van der Waals surface area contributed by atoms with Crippen LogP contribution in [-0.4, -0.2) is 36.0 Å². The van der Waals surface area contributed by atoms with Gasteiger partial charge in [0.25, 0.3) is 0 Å². The molecule has 1 aromatic carbocycles. The van der Waals surface area contributed by atoms with Gasteiger partial charge in [-0.2, -0.15) is 0 Å². The molecule has 128 valence electrons. The minimum Gasteiger partial charge on any atom is -0.495 e. The van der Waals surface area contributed by atoms with Crippen molar-refractivity contribution in [1.29, 1.82) is 0 Å². The van der Waals surface area contributed by atoms with E-state index in [9.17, 15) is 14.7 Å². The molecule has 2 rings (SSSR count). The smallest absolute Gasteiger partial charge is 0.343 e. The molecule has 0 saturated carbocycles. The van der Waals surface area contributed by atoms with Gasteiger partial charge in [0.05, 0.1) is 11.6 Å². The van der Waals surface area contributed by atoms with E-state index in [0.29, 0.717) is 4.47 Å². The number of benzene rings is 1. The number of aliphatic imine (C=N–C) groups is 1. The second-order valence-electron chi connectivity index (χ2n) is 6.21. The molecule has 1 aliphatic heterocycles. The standard InChI is InChI=1S/C17H18BrNO5/c1-16(2,3)24-15(22)17(8-5-9-19-17)10-6-7-11(18)13(23-4)12(10)14(20)21/h5-9H,1-4H3,(H,20,21). The Morgan fingerprint density at radius 2 is 1.96 bits per heavy atom. The lowest BCUT2D eigenvalue weighted by atomic mass is 9.86. The highest BCUT2D eigenvalue weighted by molar-refractivity contribution is 9.10. The number of carbonyl (C=O) groups excluding carboxylic acids is 1. The summed E-state index contributed by atoms with van der Waals surface area (Å²) in [5.74, 6) is -1.74. The maximum atomic E-state index is 12.8. The van der Waals surface area contributed by atoms with E-state index in [1.807, 2.05) is 0 Å². The number of esters is 1. The Labute approximate surface area is 148 Å². The normalized spacial score (nSPS) is 19.4. The lowest BCUT2D eigenvalue weighted by Gasteiger charge is -2.29. The topological polar surface area (TPSA) is 85.2 Å². The van der Waals surface area contributed by atoms with Gasteiger partial charge in [-0.05, 0) is 54.9 Å². The first-order valence-electron chi connectivity index (χ1n) is 7.19. The predicted molar refractivity (Wildman–Crippen MR) is 92.8 cm³/mol. The molecule has 0 fully saturated rings. The van der Waals surface area contributed by atoms with Crippen molar-refractivity contribution in [2.75, 3.05) is 7.11 Å². The Morgan fingerprint density at radius 1 is 1.29 bits per heavy atom. The number of methoxy groups -OCH3 is 1. The van der Waals surface area contributed by atoms with Gasteiger partial charge in [0.15, 0.2) is 0 Å². The average Bonchev–Trinajstić information content (AvgIpc) is 2.95. The van der Waals surface area contributed by atoms with Crippen molar-refractivity contribution in [3.8, 4) is 5.75 Å². The van der Waals surface area contributed by atoms with E-state index in [0.717, 1.165) is 0 Å². The number of nitrogens with zero attached hydrogens (tertiary/aromatic N) is 1. The Balaban J connectivity index is 2.71. The molecule has 6 nitrogen and oxygen atoms in total. The van der Waals surface area contributed by atoms with Crippen molar-refractivity contribution in [2.45, 2.75) is 31.9 Å². The number of ether oxygens (including phenoxy) is 2. The van der Waals surface area contributed by atoms with Crippen LogP contribution < -0.4 is 4.74 Å². The number of halogens is 1. The summed E-state index contributed by atoms with van der Waals surface area (Å²) in [6.07, 6.45) is 4.56. The molecular weight excluding hydrogens is 378 g/mol. The van der Waals surface area contributed by atoms with E-state index in [2.05, 4.69) is 20.9 Å². The molecule has 1 aromatic rings. The molecule has 24 heavy (non-hydrogen) atoms. The van der Waals surface area contributed by atoms with Gasteiger partial charge in [-0.25, -0.2) is 9.59 Å². The van der Waals surface area contributed by atoms with Crippen molar-refractivity contribution in [1.82, 2.24) is 0 Å². The van der Waals surface area contributed by atoms with E-state index >= 15 is 0 Å². The van der Waals surface area contributed by atoms with Gasteiger partial charge in [0, 0.05) is 11.8 Å². The van der Waals surface area contributed by atoms with Crippen LogP contribution in [0.1, 0.15) is 36.7 Å². The highest BCUT2D eigenvalue weighted by atomic mass is 79.9. The molecule has 1 unspecified atom stereocenters. The summed E-state index contributed by atoms with van der Waals surface area (Å²) in [6.45, 7) is 5.21. The van der Waals surface area contributed by atoms with Crippen LogP contribution in [0.3, 0.4) is 0 Å². The summed E-state index contributed by atoms with van der Waals surface area (Å²) in [5.41, 5.74) is -2.23. The van der Waals surface area contributed by atoms with Crippen LogP contribution >= 0.6 is 15.9 Å². The third kappa shape index (κ3) is 3.21. The molecule has 1 N–H and O–H groups in total. The number of aromatic carboxylic acids is 1. The van der Waals surface area contributed by atoms with Gasteiger partial charge in [-0.1, -0.05) is 6.07 Å². The van der Waals surface area contributed by atoms with Gasteiger partial charge in [-0.15, -0.1) is 0 Å². The van der Waals surface area contributed by atoms with E-state index in [4.69, 9.17) is 9.47 Å². The molecule has 0 aliphatic carbocycles. The molecule has 0 spiro atoms. The first-order chi connectivity index (χ1) is 11.1. The number of carboxylic acid groups (broad SMARTS) is 1. The molecule has 0 saturated heterocycles. The largest absolute Gasteiger partial charge is 0.495 e. The van der Waals surface area contributed by atoms with Crippen LogP contribution in [-0.2, 0) is 15.1 Å². The molecule has 0 aromatic heterocycles. The third-order valence-electron chi connectivity index (χ3n) is 3.35. The molecule has 1 aliphatic rings. The molecule has 1 heterocycles. The highest BCUT2D eigenvalue weighted by Crippen LogP contribution is 2.41. The number of carboxylic acids is 1. The zero-order valence-electron chi connectivity index (χ0n) is 13.8. The van der Waals surface area contributed by atoms with Gasteiger partial charge in [0.2, 0.25) is 5.54 Å². The van der Waals surface area contributed by atoms with Crippen molar-refractivity contribution in [2.24, 2.45) is 4.99 Å². The van der Waals surface area contributed by atoms with Crippen LogP contribution in [0, 0.1) is 0 Å². The quantitative estimate of drug-likeness (QED) is 0.790. The van der Waals surface area contributed by atoms with Crippen molar-refractivity contribution < 1.29 is 24.2 Å². The Kier molecular flexibility index (Phi) is 4.85. The zero-order valence-corrected chi connectivity index (χ0v) is 15.4. The maximum absolute atomic E-state index is 12.8. The van der Waals surface area contributed by atoms with Gasteiger partial charge in [0.1, 0.15) is 16.9 Å². The number of carbonyl (C=O) groups is 2. The van der Waals surface area contributed by atoms with E-state index in [1.165, 1.54) is 25.5 Å². The fourth-order valence-electron chi connectivity index (χ4n) is 2.42. The summed E-state index contributed by atoms with van der Waals surface area (Å²) in [5, 5.41) is 9.66. The van der Waals surface area contributed by atoms with Crippen molar-refractivity contribution in [3.63, 3.8) is 0 Å². The Hall–Kier alpha value is -2.15. The Morgan fingerprint density at radius 3 is 2.42 bits per heavy atom. The summed E-state index contributed by atoms with van der Waals surface area (Å²) in [7, 11) is 1.37. The van der Waals surface area contributed by atoms with Crippen LogP contribution in [0.15, 0.2) is 33.7 Å². The van der Waals surface area contributed by atoms with Crippen LogP contribution in [0.4, 0.5) is 0 Å². The molecule has 0 bridgehead atoms. The lowest BCUT2D eigenvalue weighted by Crippen LogP contribution is -2.39. The van der Waals surface area contributed by atoms with E-state index in [-0.39, 0.29) is 16.9 Å². The molecule has 1 atom stereocenters. The molecule has 0 amide bonds. The Bertz CT molecular complexity index is 734. The van der Waals surface area contributed by atoms with E-state index in [1.54, 1.807) is 32.9 Å². The number of hydrogen-bond acceptors (Lipinski definition) is 5. The zero-order chi connectivity index (χ0) is 18.1. The van der Waals surface area contributed by atoms with E-state index < -0.39 is 23.1 Å². The van der Waals surface area contributed by atoms with Gasteiger partial charge >= 0.3 is 11.9 Å². The fourth-order valence-corrected chi connectivity index (χ4v) is 2.91. The van der Waals surface area contributed by atoms with Gasteiger partial charge in [-0.3, -0.25) is 4.99 Å². The monoisotopic (exact) mass is 395 g/mol. The summed E-state index contributed by atoms with van der Waals surface area (Å²) in [6, 6.07) is 3.15. The average molecular weight is 396 g/mol. The summed E-state index contributed by atoms with van der Waals surface area (Å²) in [4.78, 5) is 28.9. The number of hydrogen-bond donors (Lipinski definition) is 1. The number of allylic oxidation sites excluding steroid dienone is 1. The minimum absolute atomic E-state index is 0.124. The SMILES string of the molecule is COc1c(Br)ccc(C2(C(=O)OC(C)(C)C)C=CC=N2)c1C(=O)O. The lowest BCUT2D eigenvalue weighted by molar-refractivity contribution is -0.159. The van der Waals surface area contributed by atoms with Gasteiger partial charge < -0.3 is 14.6 Å². The number of rotatable bonds is 4. The maximum Gasteiger partial charge on any atom is 0.343 e. The summed E-state index contributed by atoms with van der Waals surface area (Å²) < 4.78 is 11.1. The second kappa shape index (κ2) is 6.39. The van der Waals surface area contributed by atoms with Crippen LogP contribution in [0.2, 0.25) is 0 Å². The van der Waals surface area contributed by atoms with Crippen molar-refractivity contribution >= 4 is 34.1 Å². The highest BCUT2D eigenvalue weighted by Gasteiger charge is 2.45. The minimum atomic E-state index is -1.55. The molecular formula is C17H18BrNO5. The predicted octanol–water partition coefficient (Wildman–Crippen LogP) is 3.33. The molecule has 7 heteroatoms. The summed E-state index contributed by atoms with van der Waals surface area (Å²) >= 11 is 3.26. The fraction of sp³-hybridized carbons (Fsp3) is 0.353. The second-order valence-corrected chi connectivity index (χ2v) is 7.07. The molecule has 0 radical (unpaired) electrons. The van der Waals surface area contributed by atoms with Crippen LogP contribution in [0.5, 0.6) is 5.75 Å². The first kappa shape index (κ1) is 18.2.